The van der Waals surface area contributed by atoms with Crippen LogP contribution in [-0.2, 0) is 0 Å². The molecule has 0 aliphatic heterocycles. The summed E-state index contributed by atoms with van der Waals surface area (Å²) in [4.78, 5) is 10.3. The third-order valence-electron chi connectivity index (χ3n) is 1.69. The molecular weight excluding hydrogens is 198 g/mol. The van der Waals surface area contributed by atoms with Crippen LogP contribution >= 0.6 is 0 Å². The largest absolute Gasteiger partial charge is 0.495 e. The van der Waals surface area contributed by atoms with Crippen LogP contribution < -0.4 is 21.3 Å². The maximum Gasteiger partial charge on any atom is 0.207 e. The zero-order valence-electron chi connectivity index (χ0n) is 8.07. The number of hydrogen-bond donors (Lipinski definition) is 4. The lowest BCUT2D eigenvalue weighted by molar-refractivity contribution is 0.417. The summed E-state index contributed by atoms with van der Waals surface area (Å²) >= 11 is 0. The zero-order valence-corrected chi connectivity index (χ0v) is 8.07. The van der Waals surface area contributed by atoms with Crippen LogP contribution in [0.1, 0.15) is 0 Å². The average molecular weight is 209 g/mol. The van der Waals surface area contributed by atoms with Gasteiger partial charge in [-0.25, -0.2) is 5.84 Å². The van der Waals surface area contributed by atoms with Crippen LogP contribution in [0.4, 0.5) is 11.4 Å². The number of rotatable bonds is 3. The Hall–Kier alpha value is -2.15. The van der Waals surface area contributed by atoms with Crippen LogP contribution in [0.3, 0.4) is 0 Å². The van der Waals surface area contributed by atoms with E-state index >= 15 is 0 Å². The number of nitrogens with one attached hydrogen (secondary N) is 3. The van der Waals surface area contributed by atoms with Crippen molar-refractivity contribution in [3.63, 3.8) is 0 Å². The molecule has 80 valence electrons. The van der Waals surface area contributed by atoms with Gasteiger partial charge in [-0.05, 0) is 23.4 Å². The number of methoxy groups -OCH3 is 1. The standard InChI is InChI=1S/C8H11N5O2/c1-15-7-3-2-5(13-14)4-6(7)11-8(9)12-10/h2-4H,10H2,1H3,(H3,9,11,12). The number of guanidine groups is 1. The minimum atomic E-state index is -0.114. The van der Waals surface area contributed by atoms with Crippen molar-refractivity contribution in [2.75, 3.05) is 12.4 Å². The molecule has 0 radical (unpaired) electrons. The first kappa shape index (κ1) is 10.9. The molecule has 0 saturated heterocycles. The van der Waals surface area contributed by atoms with Crippen molar-refractivity contribution < 1.29 is 4.74 Å². The molecule has 0 aliphatic carbocycles. The molecule has 0 saturated carbocycles. The molecule has 0 heterocycles. The second-order valence-corrected chi connectivity index (χ2v) is 2.62. The van der Waals surface area contributed by atoms with Crippen molar-refractivity contribution in [2.24, 2.45) is 11.0 Å². The van der Waals surface area contributed by atoms with E-state index in [4.69, 9.17) is 16.0 Å². The number of nitrogens with two attached hydrogens (primary N) is 1. The molecule has 0 unspecified atom stereocenters. The molecular formula is C8H11N5O2. The van der Waals surface area contributed by atoms with Gasteiger partial charge in [0.25, 0.3) is 0 Å². The maximum atomic E-state index is 10.3. The van der Waals surface area contributed by atoms with Gasteiger partial charge in [-0.1, -0.05) is 0 Å². The highest BCUT2D eigenvalue weighted by molar-refractivity contribution is 5.92. The Kier molecular flexibility index (Phi) is 3.58. The van der Waals surface area contributed by atoms with Crippen LogP contribution in [0, 0.1) is 10.3 Å². The first-order chi connectivity index (χ1) is 7.21. The zero-order chi connectivity index (χ0) is 11.3. The van der Waals surface area contributed by atoms with Gasteiger partial charge < -0.3 is 10.1 Å². The monoisotopic (exact) mass is 209 g/mol. The van der Waals surface area contributed by atoms with Crippen molar-refractivity contribution in [1.82, 2.24) is 5.43 Å². The lowest BCUT2D eigenvalue weighted by Crippen LogP contribution is -2.35. The number of ether oxygens (including phenoxy) is 1. The van der Waals surface area contributed by atoms with Gasteiger partial charge in [0, 0.05) is 0 Å². The van der Waals surface area contributed by atoms with E-state index in [1.54, 1.807) is 6.07 Å². The topological polar surface area (TPSA) is 113 Å². The summed E-state index contributed by atoms with van der Waals surface area (Å²) in [6, 6.07) is 4.54. The van der Waals surface area contributed by atoms with Crippen molar-refractivity contribution in [1.29, 1.82) is 5.41 Å². The van der Waals surface area contributed by atoms with Crippen molar-refractivity contribution >= 4 is 17.3 Å². The third-order valence-corrected chi connectivity index (χ3v) is 1.69. The molecule has 15 heavy (non-hydrogen) atoms. The molecule has 0 fully saturated rings. The Morgan fingerprint density at radius 3 is 2.87 bits per heavy atom. The molecule has 7 heteroatoms. The Bertz CT molecular complexity index is 379. The Balaban J connectivity index is 3.00. The third kappa shape index (κ3) is 2.64. The van der Waals surface area contributed by atoms with E-state index in [-0.39, 0.29) is 11.6 Å². The van der Waals surface area contributed by atoms with Gasteiger partial charge in [0.1, 0.15) is 11.4 Å². The SMILES string of the molecule is COc1ccc(N=O)cc1NC(=N)NN. The van der Waals surface area contributed by atoms with Crippen LogP contribution in [0.15, 0.2) is 23.4 Å². The summed E-state index contributed by atoms with van der Waals surface area (Å²) in [7, 11) is 1.48. The van der Waals surface area contributed by atoms with Crippen LogP contribution in [-0.4, -0.2) is 13.1 Å². The van der Waals surface area contributed by atoms with Gasteiger partial charge in [0.05, 0.1) is 12.8 Å². The van der Waals surface area contributed by atoms with Gasteiger partial charge >= 0.3 is 0 Å². The minimum Gasteiger partial charge on any atom is -0.495 e. The van der Waals surface area contributed by atoms with Gasteiger partial charge in [-0.3, -0.25) is 10.8 Å². The van der Waals surface area contributed by atoms with Crippen molar-refractivity contribution in [3.8, 4) is 5.75 Å². The number of benzene rings is 1. The number of nitrogens with zero attached hydrogens (tertiary/aromatic N) is 1. The molecule has 7 nitrogen and oxygen atoms in total. The van der Waals surface area contributed by atoms with Gasteiger partial charge in [-0.2, -0.15) is 0 Å². The number of hydrazine groups is 1. The molecule has 0 spiro atoms. The fourth-order valence-electron chi connectivity index (χ4n) is 1.02. The van der Waals surface area contributed by atoms with Crippen LogP contribution in [0.25, 0.3) is 0 Å². The van der Waals surface area contributed by atoms with Gasteiger partial charge in [0.2, 0.25) is 5.96 Å². The second kappa shape index (κ2) is 4.91. The normalized spacial score (nSPS) is 9.20. The summed E-state index contributed by atoms with van der Waals surface area (Å²) in [6.07, 6.45) is 0. The first-order valence-electron chi connectivity index (χ1n) is 4.05. The lowest BCUT2D eigenvalue weighted by Gasteiger charge is -2.11. The fourth-order valence-corrected chi connectivity index (χ4v) is 1.02. The molecule has 0 amide bonds. The Morgan fingerprint density at radius 1 is 1.60 bits per heavy atom. The van der Waals surface area contributed by atoms with Crippen molar-refractivity contribution in [2.45, 2.75) is 0 Å². The second-order valence-electron chi connectivity index (χ2n) is 2.62. The molecule has 1 aromatic carbocycles. The quantitative estimate of drug-likeness (QED) is 0.194. The van der Waals surface area contributed by atoms with E-state index in [1.807, 2.05) is 0 Å². The number of hydrogen-bond acceptors (Lipinski definition) is 5. The Labute approximate surface area is 86.1 Å². The van der Waals surface area contributed by atoms with E-state index in [1.165, 1.54) is 19.2 Å². The van der Waals surface area contributed by atoms with E-state index in [9.17, 15) is 4.91 Å². The molecule has 0 atom stereocenters. The van der Waals surface area contributed by atoms with E-state index < -0.39 is 0 Å². The summed E-state index contributed by atoms with van der Waals surface area (Å²) in [5.74, 6) is 5.39. The smallest absolute Gasteiger partial charge is 0.207 e. The summed E-state index contributed by atoms with van der Waals surface area (Å²) in [5, 5.41) is 12.6. The molecule has 1 aromatic rings. The number of anilines is 1. The van der Waals surface area contributed by atoms with Gasteiger partial charge in [-0.15, -0.1) is 4.91 Å². The molecule has 5 N–H and O–H groups in total. The lowest BCUT2D eigenvalue weighted by atomic mass is 10.2. The summed E-state index contributed by atoms with van der Waals surface area (Å²) < 4.78 is 5.02. The van der Waals surface area contributed by atoms with E-state index in [0.29, 0.717) is 11.4 Å². The predicted molar refractivity (Wildman–Crippen MR) is 57.1 cm³/mol. The maximum absolute atomic E-state index is 10.3. The predicted octanol–water partition coefficient (Wildman–Crippen LogP) is 0.903. The Morgan fingerprint density at radius 2 is 2.33 bits per heavy atom. The van der Waals surface area contributed by atoms with E-state index in [2.05, 4.69) is 15.9 Å². The molecule has 0 bridgehead atoms. The van der Waals surface area contributed by atoms with Crippen molar-refractivity contribution in [3.05, 3.63) is 23.1 Å². The van der Waals surface area contributed by atoms with Gasteiger partial charge in [0.15, 0.2) is 0 Å². The highest BCUT2D eigenvalue weighted by Crippen LogP contribution is 2.28. The number of nitroso groups, excluding NO2 is 1. The summed E-state index contributed by atoms with van der Waals surface area (Å²) in [5.41, 5.74) is 2.79. The molecule has 0 aliphatic rings. The first-order valence-corrected chi connectivity index (χ1v) is 4.05. The highest BCUT2D eigenvalue weighted by atomic mass is 16.5. The highest BCUT2D eigenvalue weighted by Gasteiger charge is 2.05. The fraction of sp³-hybridized carbons (Fsp3) is 0.125. The molecule has 1 rings (SSSR count). The van der Waals surface area contributed by atoms with Crippen LogP contribution in [0.2, 0.25) is 0 Å². The molecule has 0 aromatic heterocycles. The average Bonchev–Trinajstić information content (AvgIpc) is 2.28. The minimum absolute atomic E-state index is 0.114. The van der Waals surface area contributed by atoms with Crippen LogP contribution in [0.5, 0.6) is 5.75 Å². The van der Waals surface area contributed by atoms with E-state index in [0.717, 1.165) is 0 Å². The summed E-state index contributed by atoms with van der Waals surface area (Å²) in [6.45, 7) is 0.